The predicted octanol–water partition coefficient (Wildman–Crippen LogP) is 4.74. The Morgan fingerprint density at radius 2 is 1.40 bits per heavy atom. The zero-order valence-corrected chi connectivity index (χ0v) is 25.3. The van der Waals surface area contributed by atoms with Gasteiger partial charge in [-0.3, -0.25) is 13.8 Å². The first kappa shape index (κ1) is 31.2. The standard InChI is InChI=1S/C30H31N3O8S2/c1-4-41-24-12-17-27(18-13-24)43(37,38)33(23-8-6-5-7-9-23)21-30(34)31-22-10-15-26(16-11-22)42(35,36)32-28-20-25(39-2)14-19-29(28)40-3/h5-20,32H,4,21H2,1-3H3,(H,31,34). The van der Waals surface area contributed by atoms with Crippen molar-refractivity contribution in [2.24, 2.45) is 0 Å². The van der Waals surface area contributed by atoms with Crippen LogP contribution >= 0.6 is 0 Å². The van der Waals surface area contributed by atoms with E-state index in [9.17, 15) is 21.6 Å². The number of ether oxygens (including phenoxy) is 3. The maximum Gasteiger partial charge on any atom is 0.264 e. The van der Waals surface area contributed by atoms with Crippen LogP contribution in [0.25, 0.3) is 0 Å². The van der Waals surface area contributed by atoms with Crippen LogP contribution in [0.3, 0.4) is 0 Å². The summed E-state index contributed by atoms with van der Waals surface area (Å²) in [6.07, 6.45) is 0. The number of carbonyl (C=O) groups excluding carboxylic acids is 1. The molecule has 0 saturated carbocycles. The fourth-order valence-electron chi connectivity index (χ4n) is 4.06. The highest BCUT2D eigenvalue weighted by Crippen LogP contribution is 2.31. The third-order valence-electron chi connectivity index (χ3n) is 6.15. The van der Waals surface area contributed by atoms with Crippen LogP contribution in [0.1, 0.15) is 6.92 Å². The molecule has 4 aromatic carbocycles. The van der Waals surface area contributed by atoms with Crippen LogP contribution in [0.4, 0.5) is 17.1 Å². The van der Waals surface area contributed by atoms with Gasteiger partial charge in [-0.15, -0.1) is 0 Å². The fourth-order valence-corrected chi connectivity index (χ4v) is 6.54. The van der Waals surface area contributed by atoms with Crippen LogP contribution in [0.5, 0.6) is 17.2 Å². The highest BCUT2D eigenvalue weighted by Gasteiger charge is 2.27. The molecule has 0 atom stereocenters. The maximum absolute atomic E-state index is 13.6. The lowest BCUT2D eigenvalue weighted by Crippen LogP contribution is -2.38. The molecule has 0 saturated heterocycles. The summed E-state index contributed by atoms with van der Waals surface area (Å²) in [7, 11) is -5.28. The lowest BCUT2D eigenvalue weighted by molar-refractivity contribution is -0.114. The SMILES string of the molecule is CCOc1ccc(S(=O)(=O)N(CC(=O)Nc2ccc(S(=O)(=O)Nc3cc(OC)ccc3OC)cc2)c2ccccc2)cc1. The van der Waals surface area contributed by atoms with Gasteiger partial charge in [0.15, 0.2) is 0 Å². The summed E-state index contributed by atoms with van der Waals surface area (Å²) < 4.78 is 72.5. The van der Waals surface area contributed by atoms with Crippen molar-refractivity contribution in [1.29, 1.82) is 0 Å². The summed E-state index contributed by atoms with van der Waals surface area (Å²) >= 11 is 0. The summed E-state index contributed by atoms with van der Waals surface area (Å²) in [6, 6.07) is 24.3. The molecule has 4 aromatic rings. The molecule has 0 unspecified atom stereocenters. The summed E-state index contributed by atoms with van der Waals surface area (Å²) in [6.45, 7) is 1.73. The second-order valence-electron chi connectivity index (χ2n) is 9.00. The molecule has 0 aliphatic rings. The summed E-state index contributed by atoms with van der Waals surface area (Å²) in [5, 5.41) is 2.64. The third-order valence-corrected chi connectivity index (χ3v) is 9.32. The number of hydrogen-bond donors (Lipinski definition) is 2. The van der Waals surface area contributed by atoms with Crippen LogP contribution in [0, 0.1) is 0 Å². The average Bonchev–Trinajstić information content (AvgIpc) is 3.00. The highest BCUT2D eigenvalue weighted by molar-refractivity contribution is 7.93. The number of nitrogens with zero attached hydrogens (tertiary/aromatic N) is 1. The fraction of sp³-hybridized carbons (Fsp3) is 0.167. The zero-order valence-electron chi connectivity index (χ0n) is 23.7. The van der Waals surface area contributed by atoms with Gasteiger partial charge in [0.2, 0.25) is 5.91 Å². The average molecular weight is 626 g/mol. The Morgan fingerprint density at radius 3 is 2.00 bits per heavy atom. The second kappa shape index (κ2) is 13.5. The number of methoxy groups -OCH3 is 2. The molecule has 0 spiro atoms. The molecule has 4 rings (SSSR count). The van der Waals surface area contributed by atoms with E-state index >= 15 is 0 Å². The van der Waals surface area contributed by atoms with Gasteiger partial charge < -0.3 is 19.5 Å². The number of amides is 1. The van der Waals surface area contributed by atoms with Crippen molar-refractivity contribution in [3.63, 3.8) is 0 Å². The van der Waals surface area contributed by atoms with Gasteiger partial charge in [0.25, 0.3) is 20.0 Å². The number of hydrogen-bond acceptors (Lipinski definition) is 8. The van der Waals surface area contributed by atoms with Crippen LogP contribution in [0.2, 0.25) is 0 Å². The molecule has 2 N–H and O–H groups in total. The van der Waals surface area contributed by atoms with Gasteiger partial charge in [0.1, 0.15) is 23.8 Å². The zero-order chi connectivity index (χ0) is 31.0. The highest BCUT2D eigenvalue weighted by atomic mass is 32.2. The molecule has 0 heterocycles. The number of para-hydroxylation sites is 1. The molecular formula is C30H31N3O8S2. The maximum atomic E-state index is 13.6. The van der Waals surface area contributed by atoms with Crippen molar-refractivity contribution in [2.75, 3.05) is 41.7 Å². The van der Waals surface area contributed by atoms with Crippen LogP contribution in [-0.2, 0) is 24.8 Å². The topological polar surface area (TPSA) is 140 Å². The first-order valence-corrected chi connectivity index (χ1v) is 15.9. The molecule has 226 valence electrons. The quantitative estimate of drug-likeness (QED) is 0.217. The smallest absolute Gasteiger partial charge is 0.264 e. The summed E-state index contributed by atoms with van der Waals surface area (Å²) in [5.74, 6) is 0.629. The van der Waals surface area contributed by atoms with Crippen LogP contribution in [-0.4, -0.2) is 50.1 Å². The minimum absolute atomic E-state index is 0.0117. The monoisotopic (exact) mass is 625 g/mol. The van der Waals surface area contributed by atoms with Crippen molar-refractivity contribution in [2.45, 2.75) is 16.7 Å². The lowest BCUT2D eigenvalue weighted by Gasteiger charge is -2.24. The molecule has 0 bridgehead atoms. The number of rotatable bonds is 13. The molecule has 0 aliphatic heterocycles. The van der Waals surface area contributed by atoms with E-state index < -0.39 is 32.5 Å². The minimum Gasteiger partial charge on any atom is -0.497 e. The third kappa shape index (κ3) is 7.56. The predicted molar refractivity (Wildman–Crippen MR) is 164 cm³/mol. The van der Waals surface area contributed by atoms with Crippen molar-refractivity contribution < 1.29 is 35.8 Å². The van der Waals surface area contributed by atoms with Gasteiger partial charge in [0, 0.05) is 11.8 Å². The van der Waals surface area contributed by atoms with Gasteiger partial charge in [0.05, 0.1) is 42.0 Å². The van der Waals surface area contributed by atoms with Crippen molar-refractivity contribution in [3.8, 4) is 17.2 Å². The Kier molecular flexibility index (Phi) is 9.78. The number of carbonyl (C=O) groups is 1. The number of nitrogens with one attached hydrogen (secondary N) is 2. The molecule has 0 aliphatic carbocycles. The van der Waals surface area contributed by atoms with Gasteiger partial charge in [-0.05, 0) is 79.7 Å². The Morgan fingerprint density at radius 1 is 0.767 bits per heavy atom. The van der Waals surface area contributed by atoms with Gasteiger partial charge in [-0.2, -0.15) is 0 Å². The Labute approximate surface area is 251 Å². The molecule has 11 nitrogen and oxygen atoms in total. The molecular weight excluding hydrogens is 594 g/mol. The van der Waals surface area contributed by atoms with E-state index in [1.807, 2.05) is 6.92 Å². The molecule has 1 amide bonds. The van der Waals surface area contributed by atoms with E-state index in [4.69, 9.17) is 14.2 Å². The molecule has 0 aromatic heterocycles. The lowest BCUT2D eigenvalue weighted by atomic mass is 10.3. The second-order valence-corrected chi connectivity index (χ2v) is 12.5. The largest absolute Gasteiger partial charge is 0.497 e. The molecule has 0 fully saturated rings. The minimum atomic E-state index is -4.13. The van der Waals surface area contributed by atoms with E-state index in [2.05, 4.69) is 10.0 Å². The summed E-state index contributed by atoms with van der Waals surface area (Å²) in [5.41, 5.74) is 0.760. The summed E-state index contributed by atoms with van der Waals surface area (Å²) in [4.78, 5) is 13.0. The first-order chi connectivity index (χ1) is 20.6. The van der Waals surface area contributed by atoms with E-state index in [1.54, 1.807) is 54.6 Å². The van der Waals surface area contributed by atoms with Gasteiger partial charge >= 0.3 is 0 Å². The van der Waals surface area contributed by atoms with Crippen LogP contribution in [0.15, 0.2) is 107 Å². The normalized spacial score (nSPS) is 11.3. The van der Waals surface area contributed by atoms with E-state index in [-0.39, 0.29) is 21.2 Å². The molecule has 13 heteroatoms. The molecule has 0 radical (unpaired) electrons. The van der Waals surface area contributed by atoms with Gasteiger partial charge in [-0.25, -0.2) is 16.8 Å². The van der Waals surface area contributed by atoms with Crippen molar-refractivity contribution >= 4 is 43.0 Å². The number of sulfonamides is 2. The number of anilines is 3. The van der Waals surface area contributed by atoms with E-state index in [1.165, 1.54) is 56.7 Å². The Bertz CT molecular complexity index is 1760. The van der Waals surface area contributed by atoms with Crippen molar-refractivity contribution in [3.05, 3.63) is 97.1 Å². The van der Waals surface area contributed by atoms with Crippen molar-refractivity contribution in [1.82, 2.24) is 0 Å². The first-order valence-electron chi connectivity index (χ1n) is 13.0. The van der Waals surface area contributed by atoms with E-state index in [0.717, 1.165) is 4.31 Å². The Hall–Kier alpha value is -4.75. The Balaban J connectivity index is 1.51. The molecule has 43 heavy (non-hydrogen) atoms. The van der Waals surface area contributed by atoms with Crippen LogP contribution < -0.4 is 28.6 Å². The van der Waals surface area contributed by atoms with Gasteiger partial charge in [-0.1, -0.05) is 18.2 Å². The number of benzene rings is 4. The van der Waals surface area contributed by atoms with E-state index in [0.29, 0.717) is 29.5 Å².